The number of aromatic hydroxyl groups is 2. The molecule has 0 aliphatic carbocycles. The van der Waals surface area contributed by atoms with Gasteiger partial charge in [-0.25, -0.2) is 5.43 Å². The molecule has 0 heterocycles. The van der Waals surface area contributed by atoms with E-state index >= 15 is 0 Å². The van der Waals surface area contributed by atoms with Crippen LogP contribution in [0.3, 0.4) is 0 Å². The molecule has 7 nitrogen and oxygen atoms in total. The molecule has 0 amide bonds. The maximum atomic E-state index is 10.7. The molecule has 2 aromatic rings. The van der Waals surface area contributed by atoms with Crippen LogP contribution >= 0.6 is 0 Å². The average molecular weight is 275 g/mol. The van der Waals surface area contributed by atoms with Crippen molar-refractivity contribution in [1.82, 2.24) is 5.43 Å². The van der Waals surface area contributed by atoms with E-state index in [0.29, 0.717) is 5.56 Å². The van der Waals surface area contributed by atoms with Gasteiger partial charge in [-0.1, -0.05) is 18.2 Å². The number of nitro benzene ring substituents is 1. The van der Waals surface area contributed by atoms with Crippen LogP contribution in [0.4, 0.5) is 11.4 Å². The molecule has 0 atom stereocenters. The lowest BCUT2D eigenvalue weighted by molar-refractivity contribution is -0.385. The molecule has 0 unspecified atom stereocenters. The molecule has 20 heavy (non-hydrogen) atoms. The van der Waals surface area contributed by atoms with Gasteiger partial charge in [0.15, 0.2) is 5.75 Å². The van der Waals surface area contributed by atoms with E-state index in [-0.39, 0.29) is 12.3 Å². The number of hydrazine groups is 1. The van der Waals surface area contributed by atoms with Crippen LogP contribution in [0.5, 0.6) is 11.5 Å². The standard InChI is InChI=1S/C13H13N3O4/c17-12-7-13(18)11(16(19)20)6-9(12)8-14-15-10-4-2-1-3-5-10/h1-7,14-15,17-18H,8H2. The molecule has 0 aliphatic heterocycles. The van der Waals surface area contributed by atoms with Crippen LogP contribution in [-0.4, -0.2) is 15.1 Å². The fourth-order valence-corrected chi connectivity index (χ4v) is 1.66. The van der Waals surface area contributed by atoms with Crippen molar-refractivity contribution in [1.29, 1.82) is 0 Å². The largest absolute Gasteiger partial charge is 0.507 e. The van der Waals surface area contributed by atoms with Crippen LogP contribution in [0, 0.1) is 10.1 Å². The summed E-state index contributed by atoms with van der Waals surface area (Å²) in [6, 6.07) is 11.3. The molecular weight excluding hydrogens is 262 g/mol. The van der Waals surface area contributed by atoms with Crippen LogP contribution in [0.15, 0.2) is 42.5 Å². The Hall–Kier alpha value is -2.80. The summed E-state index contributed by atoms with van der Waals surface area (Å²) < 4.78 is 0. The molecule has 0 aromatic heterocycles. The third-order valence-corrected chi connectivity index (χ3v) is 2.66. The number of para-hydroxylation sites is 1. The van der Waals surface area contributed by atoms with E-state index in [1.54, 1.807) is 0 Å². The Labute approximate surface area is 114 Å². The Kier molecular flexibility index (Phi) is 4.02. The van der Waals surface area contributed by atoms with E-state index in [1.165, 1.54) is 0 Å². The first kappa shape index (κ1) is 13.6. The molecule has 0 spiro atoms. The maximum Gasteiger partial charge on any atom is 0.311 e. The SMILES string of the molecule is O=[N+]([O-])c1cc(CNNc2ccccc2)c(O)cc1O. The second-order valence-electron chi connectivity index (χ2n) is 4.07. The zero-order valence-corrected chi connectivity index (χ0v) is 10.4. The van der Waals surface area contributed by atoms with Crippen LogP contribution < -0.4 is 10.9 Å². The van der Waals surface area contributed by atoms with Crippen molar-refractivity contribution >= 4 is 11.4 Å². The molecule has 104 valence electrons. The molecule has 2 aromatic carbocycles. The summed E-state index contributed by atoms with van der Waals surface area (Å²) in [5, 5.41) is 29.7. The molecule has 0 saturated carbocycles. The predicted octanol–water partition coefficient (Wildman–Crippen LogP) is 2.12. The van der Waals surface area contributed by atoms with Crippen molar-refractivity contribution in [2.75, 3.05) is 5.43 Å². The van der Waals surface area contributed by atoms with Gasteiger partial charge in [-0.3, -0.25) is 10.1 Å². The van der Waals surface area contributed by atoms with E-state index < -0.39 is 16.4 Å². The van der Waals surface area contributed by atoms with Crippen molar-refractivity contribution in [2.24, 2.45) is 0 Å². The molecule has 0 fully saturated rings. The maximum absolute atomic E-state index is 10.7. The van der Waals surface area contributed by atoms with Crippen LogP contribution in [0.2, 0.25) is 0 Å². The monoisotopic (exact) mass is 275 g/mol. The number of phenols is 2. The normalized spacial score (nSPS) is 10.2. The number of anilines is 1. The topological polar surface area (TPSA) is 108 Å². The van der Waals surface area contributed by atoms with Gasteiger partial charge in [0.25, 0.3) is 0 Å². The van der Waals surface area contributed by atoms with Gasteiger partial charge in [-0.05, 0) is 12.1 Å². The van der Waals surface area contributed by atoms with Gasteiger partial charge in [-0.2, -0.15) is 0 Å². The Morgan fingerprint density at radius 3 is 2.45 bits per heavy atom. The highest BCUT2D eigenvalue weighted by atomic mass is 16.6. The third kappa shape index (κ3) is 3.15. The fourth-order valence-electron chi connectivity index (χ4n) is 1.66. The highest BCUT2D eigenvalue weighted by molar-refractivity contribution is 5.53. The Morgan fingerprint density at radius 2 is 1.80 bits per heavy atom. The van der Waals surface area contributed by atoms with Gasteiger partial charge in [0, 0.05) is 29.9 Å². The highest BCUT2D eigenvalue weighted by Crippen LogP contribution is 2.32. The fraction of sp³-hybridized carbons (Fsp3) is 0.0769. The first-order valence-corrected chi connectivity index (χ1v) is 5.81. The minimum Gasteiger partial charge on any atom is -0.507 e. The Balaban J connectivity index is 2.06. The van der Waals surface area contributed by atoms with Crippen molar-refractivity contribution in [3.63, 3.8) is 0 Å². The highest BCUT2D eigenvalue weighted by Gasteiger charge is 2.17. The van der Waals surface area contributed by atoms with E-state index in [0.717, 1.165) is 17.8 Å². The number of nitro groups is 1. The zero-order valence-electron chi connectivity index (χ0n) is 10.4. The van der Waals surface area contributed by atoms with Gasteiger partial charge in [-0.15, -0.1) is 0 Å². The lowest BCUT2D eigenvalue weighted by Crippen LogP contribution is -2.20. The van der Waals surface area contributed by atoms with Gasteiger partial charge in [0.1, 0.15) is 5.75 Å². The third-order valence-electron chi connectivity index (χ3n) is 2.66. The van der Waals surface area contributed by atoms with Gasteiger partial charge in [0.05, 0.1) is 4.92 Å². The molecule has 0 bridgehead atoms. The molecule has 2 rings (SSSR count). The van der Waals surface area contributed by atoms with Gasteiger partial charge in [0.2, 0.25) is 0 Å². The summed E-state index contributed by atoms with van der Waals surface area (Å²) in [6.45, 7) is 0.155. The lowest BCUT2D eigenvalue weighted by Gasteiger charge is -2.10. The van der Waals surface area contributed by atoms with Crippen molar-refractivity contribution in [3.8, 4) is 11.5 Å². The number of hydrogen-bond acceptors (Lipinski definition) is 6. The minimum atomic E-state index is -0.705. The summed E-state index contributed by atoms with van der Waals surface area (Å²) in [4.78, 5) is 10.0. The number of phenolic OH excluding ortho intramolecular Hbond substituents is 2. The number of rotatable bonds is 5. The zero-order chi connectivity index (χ0) is 14.5. The lowest BCUT2D eigenvalue weighted by atomic mass is 10.1. The van der Waals surface area contributed by atoms with Crippen LogP contribution in [0.1, 0.15) is 5.56 Å². The number of hydrogen-bond donors (Lipinski definition) is 4. The Bertz CT molecular complexity index is 617. The first-order chi connectivity index (χ1) is 9.58. The number of nitrogens with one attached hydrogen (secondary N) is 2. The minimum absolute atomic E-state index is 0.155. The molecule has 7 heteroatoms. The van der Waals surface area contributed by atoms with E-state index in [4.69, 9.17) is 0 Å². The smallest absolute Gasteiger partial charge is 0.311 e. The molecule has 0 radical (unpaired) electrons. The molecule has 0 saturated heterocycles. The van der Waals surface area contributed by atoms with Crippen molar-refractivity contribution in [3.05, 3.63) is 58.1 Å². The van der Waals surface area contributed by atoms with Gasteiger partial charge < -0.3 is 15.6 Å². The van der Waals surface area contributed by atoms with Crippen LogP contribution in [-0.2, 0) is 6.54 Å². The molecule has 0 aliphatic rings. The second-order valence-corrected chi connectivity index (χ2v) is 4.07. The number of nitrogens with zero attached hydrogens (tertiary/aromatic N) is 1. The summed E-state index contributed by atoms with van der Waals surface area (Å²) >= 11 is 0. The van der Waals surface area contributed by atoms with E-state index in [1.807, 2.05) is 30.3 Å². The first-order valence-electron chi connectivity index (χ1n) is 5.81. The van der Waals surface area contributed by atoms with Crippen molar-refractivity contribution in [2.45, 2.75) is 6.54 Å². The number of benzene rings is 2. The molecular formula is C13H13N3O4. The quantitative estimate of drug-likeness (QED) is 0.492. The predicted molar refractivity (Wildman–Crippen MR) is 73.3 cm³/mol. The van der Waals surface area contributed by atoms with E-state index in [2.05, 4.69) is 10.9 Å². The van der Waals surface area contributed by atoms with Crippen LogP contribution in [0.25, 0.3) is 0 Å². The van der Waals surface area contributed by atoms with Crippen molar-refractivity contribution < 1.29 is 15.1 Å². The second kappa shape index (κ2) is 5.89. The summed E-state index contributed by atoms with van der Waals surface area (Å²) in [6.07, 6.45) is 0. The molecule has 4 N–H and O–H groups in total. The summed E-state index contributed by atoms with van der Waals surface area (Å²) in [5.74, 6) is -0.775. The van der Waals surface area contributed by atoms with E-state index in [9.17, 15) is 20.3 Å². The average Bonchev–Trinajstić information content (AvgIpc) is 2.42. The van der Waals surface area contributed by atoms with Gasteiger partial charge >= 0.3 is 5.69 Å². The summed E-state index contributed by atoms with van der Waals surface area (Å²) in [5.41, 5.74) is 6.40. The summed E-state index contributed by atoms with van der Waals surface area (Å²) in [7, 11) is 0. The Morgan fingerprint density at radius 1 is 1.10 bits per heavy atom.